The predicted molar refractivity (Wildman–Crippen MR) is 83.4 cm³/mol. The van der Waals surface area contributed by atoms with Gasteiger partial charge in [0.15, 0.2) is 4.90 Å². The molecule has 22 heavy (non-hydrogen) atoms. The molecule has 2 heterocycles. The van der Waals surface area contributed by atoms with E-state index in [0.717, 1.165) is 11.0 Å². The summed E-state index contributed by atoms with van der Waals surface area (Å²) in [7, 11) is -1.14. The Morgan fingerprint density at radius 1 is 1.00 bits per heavy atom. The summed E-state index contributed by atoms with van der Waals surface area (Å²) in [5.41, 5.74) is -1.10. The van der Waals surface area contributed by atoms with Crippen molar-refractivity contribution in [3.05, 3.63) is 26.5 Å². The summed E-state index contributed by atoms with van der Waals surface area (Å²) in [5, 5.41) is 0. The van der Waals surface area contributed by atoms with E-state index in [9.17, 15) is 18.0 Å². The van der Waals surface area contributed by atoms with Crippen LogP contribution in [0, 0.1) is 18.8 Å². The van der Waals surface area contributed by atoms with Crippen molar-refractivity contribution in [2.45, 2.75) is 32.1 Å². The van der Waals surface area contributed by atoms with Gasteiger partial charge in [-0.3, -0.25) is 13.9 Å². The zero-order valence-electron chi connectivity index (χ0n) is 13.7. The van der Waals surface area contributed by atoms with Crippen LogP contribution in [0.3, 0.4) is 0 Å². The van der Waals surface area contributed by atoms with Crippen LogP contribution in [0.1, 0.15) is 26.0 Å². The van der Waals surface area contributed by atoms with Gasteiger partial charge in [0.05, 0.1) is 0 Å². The Balaban J connectivity index is 2.65. The Bertz CT molecular complexity index is 797. The quantitative estimate of drug-likeness (QED) is 0.768. The summed E-state index contributed by atoms with van der Waals surface area (Å²) in [5.74, 6) is 0.491. The lowest BCUT2D eigenvalue weighted by atomic mass is 9.94. The summed E-state index contributed by atoms with van der Waals surface area (Å²) in [6.45, 7) is 6.30. The molecule has 0 radical (unpaired) electrons. The summed E-state index contributed by atoms with van der Waals surface area (Å²) in [6.07, 6.45) is 0.969. The lowest BCUT2D eigenvalue weighted by Crippen LogP contribution is -2.47. The fraction of sp³-hybridized carbons (Fsp3) is 0.714. The van der Waals surface area contributed by atoms with Crippen molar-refractivity contribution in [2.75, 3.05) is 13.1 Å². The first-order valence-electron chi connectivity index (χ1n) is 7.34. The molecule has 0 aromatic carbocycles. The molecule has 7 nitrogen and oxygen atoms in total. The van der Waals surface area contributed by atoms with Gasteiger partial charge in [0.2, 0.25) is 10.0 Å². The molecule has 1 fully saturated rings. The van der Waals surface area contributed by atoms with Crippen molar-refractivity contribution in [3.8, 4) is 0 Å². The molecule has 0 bridgehead atoms. The lowest BCUT2D eigenvalue weighted by Gasteiger charge is -2.34. The van der Waals surface area contributed by atoms with Crippen LogP contribution in [0.5, 0.6) is 0 Å². The third-order valence-corrected chi connectivity index (χ3v) is 6.30. The molecule has 0 saturated carbocycles. The molecular weight excluding hydrogens is 306 g/mol. The van der Waals surface area contributed by atoms with E-state index in [1.807, 2.05) is 13.8 Å². The second kappa shape index (κ2) is 5.66. The number of hydrogen-bond acceptors (Lipinski definition) is 4. The van der Waals surface area contributed by atoms with E-state index in [1.165, 1.54) is 29.9 Å². The zero-order valence-corrected chi connectivity index (χ0v) is 14.5. The molecule has 1 aromatic rings. The van der Waals surface area contributed by atoms with Gasteiger partial charge in [-0.15, -0.1) is 0 Å². The molecule has 1 aliphatic heterocycles. The third-order valence-electron chi connectivity index (χ3n) is 4.34. The minimum Gasteiger partial charge on any atom is -0.300 e. The number of hydrogen-bond donors (Lipinski definition) is 0. The first-order valence-corrected chi connectivity index (χ1v) is 8.78. The molecule has 0 N–H and O–H groups in total. The van der Waals surface area contributed by atoms with Gasteiger partial charge in [0.25, 0.3) is 5.56 Å². The normalized spacial score (nSPS) is 23.7. The first kappa shape index (κ1) is 17.0. The van der Waals surface area contributed by atoms with Crippen LogP contribution < -0.4 is 11.2 Å². The number of rotatable bonds is 2. The Labute approximate surface area is 130 Å². The highest BCUT2D eigenvalue weighted by atomic mass is 32.2. The van der Waals surface area contributed by atoms with Crippen molar-refractivity contribution in [2.24, 2.45) is 25.9 Å². The average Bonchev–Trinajstić information content (AvgIpc) is 2.42. The van der Waals surface area contributed by atoms with Gasteiger partial charge in [-0.1, -0.05) is 13.8 Å². The Hall–Kier alpha value is -1.41. The van der Waals surface area contributed by atoms with Crippen LogP contribution in [0.25, 0.3) is 0 Å². The fourth-order valence-electron chi connectivity index (χ4n) is 3.14. The highest BCUT2D eigenvalue weighted by molar-refractivity contribution is 7.89. The van der Waals surface area contributed by atoms with E-state index in [-0.39, 0.29) is 22.4 Å². The van der Waals surface area contributed by atoms with Crippen LogP contribution in [0.15, 0.2) is 14.5 Å². The Kier molecular flexibility index (Phi) is 4.36. The van der Waals surface area contributed by atoms with Crippen molar-refractivity contribution < 1.29 is 8.42 Å². The van der Waals surface area contributed by atoms with Gasteiger partial charge in [-0.2, -0.15) is 4.31 Å². The topological polar surface area (TPSA) is 81.4 Å². The van der Waals surface area contributed by atoms with E-state index < -0.39 is 21.3 Å². The van der Waals surface area contributed by atoms with Crippen LogP contribution >= 0.6 is 0 Å². The second-order valence-corrected chi connectivity index (χ2v) is 8.26. The Morgan fingerprint density at radius 2 is 1.50 bits per heavy atom. The SMILES string of the molecule is Cc1c(S(=O)(=O)N2C[C@H](C)C[C@H](C)C2)c(=O)n(C)c(=O)n1C. The molecule has 0 unspecified atom stereocenters. The number of nitrogens with zero attached hydrogens (tertiary/aromatic N) is 3. The third kappa shape index (κ3) is 2.65. The van der Waals surface area contributed by atoms with Gasteiger partial charge in [0, 0.05) is 32.9 Å². The van der Waals surface area contributed by atoms with Crippen LogP contribution in [0.2, 0.25) is 0 Å². The fourth-order valence-corrected chi connectivity index (χ4v) is 5.17. The predicted octanol–water partition coefficient (Wildman–Crippen LogP) is 0.0590. The molecule has 2 atom stereocenters. The minimum atomic E-state index is -3.91. The second-order valence-electron chi connectivity index (χ2n) is 6.39. The molecule has 8 heteroatoms. The van der Waals surface area contributed by atoms with E-state index in [1.54, 1.807) is 0 Å². The summed E-state index contributed by atoms with van der Waals surface area (Å²) in [4.78, 5) is 24.0. The lowest BCUT2D eigenvalue weighted by molar-refractivity contribution is 0.222. The number of sulfonamides is 1. The Morgan fingerprint density at radius 3 is 2.00 bits per heavy atom. The molecular formula is C14H23N3O4S. The molecule has 0 aliphatic carbocycles. The molecule has 1 aromatic heterocycles. The summed E-state index contributed by atoms with van der Waals surface area (Å²) >= 11 is 0. The summed E-state index contributed by atoms with van der Waals surface area (Å²) < 4.78 is 29.3. The van der Waals surface area contributed by atoms with Gasteiger partial charge in [-0.05, 0) is 25.2 Å². The highest BCUT2D eigenvalue weighted by Gasteiger charge is 2.35. The number of piperidine rings is 1. The molecule has 0 spiro atoms. The number of aromatic nitrogens is 2. The zero-order chi connectivity index (χ0) is 16.8. The largest absolute Gasteiger partial charge is 0.330 e. The molecule has 0 amide bonds. The maximum Gasteiger partial charge on any atom is 0.330 e. The van der Waals surface area contributed by atoms with Gasteiger partial charge < -0.3 is 0 Å². The minimum absolute atomic E-state index is 0.180. The van der Waals surface area contributed by atoms with Gasteiger partial charge >= 0.3 is 5.69 Å². The van der Waals surface area contributed by atoms with Crippen molar-refractivity contribution in [3.63, 3.8) is 0 Å². The van der Waals surface area contributed by atoms with Crippen molar-refractivity contribution in [1.29, 1.82) is 0 Å². The molecule has 124 valence electrons. The smallest absolute Gasteiger partial charge is 0.300 e. The van der Waals surface area contributed by atoms with E-state index >= 15 is 0 Å². The molecule has 2 rings (SSSR count). The molecule has 1 saturated heterocycles. The first-order chi connectivity index (χ1) is 10.1. The maximum absolute atomic E-state index is 12.9. The maximum atomic E-state index is 12.9. The van der Waals surface area contributed by atoms with E-state index in [4.69, 9.17) is 0 Å². The summed E-state index contributed by atoms with van der Waals surface area (Å²) in [6, 6.07) is 0. The molecule has 1 aliphatic rings. The van der Waals surface area contributed by atoms with Crippen LogP contribution in [-0.4, -0.2) is 34.9 Å². The van der Waals surface area contributed by atoms with Gasteiger partial charge in [0.1, 0.15) is 0 Å². The van der Waals surface area contributed by atoms with E-state index in [0.29, 0.717) is 13.1 Å². The highest BCUT2D eigenvalue weighted by Crippen LogP contribution is 2.26. The van der Waals surface area contributed by atoms with Crippen LogP contribution in [0.4, 0.5) is 0 Å². The van der Waals surface area contributed by atoms with Gasteiger partial charge in [-0.25, -0.2) is 13.2 Å². The van der Waals surface area contributed by atoms with Crippen molar-refractivity contribution >= 4 is 10.0 Å². The van der Waals surface area contributed by atoms with Crippen LogP contribution in [-0.2, 0) is 24.1 Å². The standard InChI is InChI=1S/C14H23N3O4S/c1-9-6-10(2)8-17(7-9)22(20,21)12-11(3)15(4)14(19)16(5)13(12)18/h9-10H,6-8H2,1-5H3/t9-,10+. The van der Waals surface area contributed by atoms with Crippen molar-refractivity contribution in [1.82, 2.24) is 13.4 Å². The van der Waals surface area contributed by atoms with E-state index in [2.05, 4.69) is 0 Å². The average molecular weight is 329 g/mol. The monoisotopic (exact) mass is 329 g/mol.